The summed E-state index contributed by atoms with van der Waals surface area (Å²) in [4.78, 5) is 12.4. The average molecular weight is 759 g/mol. The van der Waals surface area contributed by atoms with Crippen LogP contribution in [-0.4, -0.2) is 135 Å². The fourth-order valence-corrected chi connectivity index (χ4v) is 4.79. The second-order valence-corrected chi connectivity index (χ2v) is 12.8. The van der Waals surface area contributed by atoms with Gasteiger partial charge in [0, 0.05) is 6.54 Å². The Kier molecular flexibility index (Phi) is 31.5. The third kappa shape index (κ3) is 25.8. The molecule has 0 spiro atoms. The number of nitrogens with one attached hydrogen (secondary N) is 1. The first-order valence-corrected chi connectivity index (χ1v) is 17.8. The molecule has 0 aliphatic carbocycles. The van der Waals surface area contributed by atoms with Crippen molar-refractivity contribution < 1.29 is 139 Å². The monoisotopic (exact) mass is 758 g/mol. The van der Waals surface area contributed by atoms with E-state index in [1.54, 1.807) is 0 Å². The predicted octanol–water partition coefficient (Wildman–Crippen LogP) is -7.60. The maximum atomic E-state index is 12.4. The van der Waals surface area contributed by atoms with Gasteiger partial charge in [0.2, 0.25) is 20.8 Å². The van der Waals surface area contributed by atoms with Crippen molar-refractivity contribution >= 4 is 26.7 Å². The maximum absolute atomic E-state index is 12.4. The first kappa shape index (κ1) is 53.2. The molecule has 276 valence electrons. The summed E-state index contributed by atoms with van der Waals surface area (Å²) in [6, 6.07) is 0. The average Bonchev–Trinajstić information content (AvgIpc) is 2.95. The summed E-state index contributed by atoms with van der Waals surface area (Å²) in [7, 11) is -10.1. The Morgan fingerprint density at radius 1 is 0.833 bits per heavy atom. The molecule has 9 atom stereocenters. The second kappa shape index (κ2) is 28.4. The molecule has 0 aromatic carbocycles. The number of hydrogen-bond donors (Lipinski definition) is 8. The number of carbonyl (C=O) groups excluding carboxylic acids is 1. The van der Waals surface area contributed by atoms with Gasteiger partial charge in [-0.2, -0.15) is 0 Å². The van der Waals surface area contributed by atoms with Crippen molar-refractivity contribution in [2.24, 2.45) is 0 Å². The number of amides is 1. The summed E-state index contributed by atoms with van der Waals surface area (Å²) in [6.45, 7) is 4.69. The summed E-state index contributed by atoms with van der Waals surface area (Å²) in [5, 5.41) is 63.5. The molecule has 0 bridgehead atoms. The Bertz CT molecular complexity index is 1030. The molecular weight excluding hydrogens is 708 g/mol. The summed E-state index contributed by atoms with van der Waals surface area (Å²) < 4.78 is 79.4. The second-order valence-electron chi connectivity index (χ2n) is 10.9. The van der Waals surface area contributed by atoms with E-state index in [-0.39, 0.29) is 65.7 Å². The van der Waals surface area contributed by atoms with E-state index in [9.17, 15) is 48.4 Å². The van der Waals surface area contributed by atoms with Crippen molar-refractivity contribution in [2.75, 3.05) is 13.2 Å². The summed E-state index contributed by atoms with van der Waals surface area (Å²) >= 11 is 0. The fourth-order valence-electron chi connectivity index (χ4n) is 4.49. The van der Waals surface area contributed by atoms with Crippen LogP contribution in [0.1, 0.15) is 84.0 Å². The summed E-state index contributed by atoms with van der Waals surface area (Å²) in [5.74, 6) is -0.942. The smallest absolute Gasteiger partial charge is 0.726 e. The number of rotatable bonds is 22. The van der Waals surface area contributed by atoms with Gasteiger partial charge in [0.15, 0.2) is 12.4 Å². The number of unbranched alkanes of at least 4 members (excludes halogenated alkanes) is 11. The van der Waals surface area contributed by atoms with Crippen molar-refractivity contribution in [3.05, 3.63) is 6.92 Å². The Hall–Kier alpha value is 0.890. The third-order valence-electron chi connectivity index (χ3n) is 6.97. The largest absolute Gasteiger partial charge is 1.00 e. The number of aliphatic hydroxyl groups is 6. The molecule has 1 saturated heterocycles. The van der Waals surface area contributed by atoms with E-state index < -0.39 is 88.4 Å². The molecule has 0 saturated carbocycles. The van der Waals surface area contributed by atoms with Crippen LogP contribution in [0, 0.1) is 6.92 Å². The van der Waals surface area contributed by atoms with Crippen LogP contribution in [0.5, 0.6) is 0 Å². The quantitative estimate of drug-likeness (QED) is 0.0167. The zero-order valence-electron chi connectivity index (χ0n) is 27.8. The van der Waals surface area contributed by atoms with E-state index in [2.05, 4.69) is 23.3 Å². The van der Waals surface area contributed by atoms with Gasteiger partial charge in [-0.1, -0.05) is 77.6 Å². The molecule has 2 unspecified atom stereocenters. The van der Waals surface area contributed by atoms with Crippen LogP contribution in [-0.2, 0) is 39.2 Å². The zero-order valence-corrected chi connectivity index (χ0v) is 33.5. The predicted molar refractivity (Wildman–Crippen MR) is 157 cm³/mol. The van der Waals surface area contributed by atoms with E-state index in [0.717, 1.165) is 19.3 Å². The Morgan fingerprint density at radius 3 is 1.69 bits per heavy atom. The van der Waals surface area contributed by atoms with E-state index in [1.165, 1.54) is 51.4 Å². The zero-order chi connectivity index (χ0) is 35.5. The van der Waals surface area contributed by atoms with Crippen LogP contribution < -0.4 is 64.4 Å². The molecule has 8 N–H and O–H groups in total. The van der Waals surface area contributed by atoms with Gasteiger partial charge in [-0.15, -0.1) is 0 Å². The van der Waals surface area contributed by atoms with Gasteiger partial charge in [-0.05, 0) is 12.5 Å². The minimum Gasteiger partial charge on any atom is -0.726 e. The molecule has 0 aromatic heterocycles. The first-order chi connectivity index (χ1) is 21.3. The van der Waals surface area contributed by atoms with Crippen LogP contribution >= 0.6 is 0 Å². The standard InChI is InChI=1S/C26H50NO13S.2Na.H2O4S/c1-3-4-5-6-7-8-9-10-11-12-13-14-15-27-25(34)22(32)21(31)24(17(2)28)40-26-23(33)20(30)19(29)18(39-26)16-38-41(35,36)37;;;1-5(2,3)4/h17-24,26,28-33H,2-16H2,1H3,(H,27,34)(H,35,36,37);;;(H2,1,2,3,4)/q-1;2*+1;/p-2/t17-,18?,19-,20+,21-,22-,23?,24-,26+;;;/m1.../s1. The van der Waals surface area contributed by atoms with Gasteiger partial charge >= 0.3 is 59.1 Å². The van der Waals surface area contributed by atoms with Crippen molar-refractivity contribution in [2.45, 2.75) is 139 Å². The molecule has 22 heteroatoms. The Balaban J connectivity index is -0.00000268. The van der Waals surface area contributed by atoms with E-state index >= 15 is 0 Å². The van der Waals surface area contributed by atoms with E-state index in [0.29, 0.717) is 6.42 Å². The molecule has 1 aliphatic heterocycles. The molecular formula is C26H50NNa2O17S2-. The molecule has 1 heterocycles. The topological polar surface area (TPSA) is 313 Å². The molecule has 1 fully saturated rings. The number of hydrogen-bond acceptors (Lipinski definition) is 16. The molecule has 48 heavy (non-hydrogen) atoms. The Morgan fingerprint density at radius 2 is 1.27 bits per heavy atom. The van der Waals surface area contributed by atoms with Crippen LogP contribution in [0.15, 0.2) is 0 Å². The van der Waals surface area contributed by atoms with Gasteiger partial charge in [0.1, 0.15) is 30.5 Å². The van der Waals surface area contributed by atoms with Crippen molar-refractivity contribution in [3.8, 4) is 0 Å². The molecule has 1 amide bonds. The van der Waals surface area contributed by atoms with Crippen LogP contribution in [0.4, 0.5) is 0 Å². The Labute approximate surface area is 327 Å². The minimum atomic E-state index is -5.18. The van der Waals surface area contributed by atoms with E-state index in [4.69, 9.17) is 27.0 Å². The normalized spacial score (nSPS) is 23.7. The third-order valence-corrected chi connectivity index (χ3v) is 7.40. The molecule has 0 aromatic rings. The van der Waals surface area contributed by atoms with Gasteiger partial charge < -0.3 is 61.5 Å². The van der Waals surface area contributed by atoms with Crippen molar-refractivity contribution in [1.82, 2.24) is 5.32 Å². The number of carbonyl (C=O) groups is 1. The molecule has 0 radical (unpaired) electrons. The molecule has 1 rings (SSSR count). The van der Waals surface area contributed by atoms with Gasteiger partial charge in [-0.3, -0.25) is 13.5 Å². The van der Waals surface area contributed by atoms with Gasteiger partial charge in [0.05, 0.1) is 12.7 Å². The fraction of sp³-hybridized carbons (Fsp3) is 0.923. The SMILES string of the molecule is O=S(=O)([O-])O.[CH2-][C@@H](O)[C@@H](O[C@@H]1OC(COS(=O)(=O)[O-])[C@@H](O)[C@H](O)C1O)[C@H](O)[C@@H](O)C(=O)NCCCCCCCCCCCCCC.[Na+].[Na+]. The minimum absolute atomic E-state index is 0. The van der Waals surface area contributed by atoms with Crippen LogP contribution in [0.2, 0.25) is 0 Å². The first-order valence-electron chi connectivity index (χ1n) is 15.1. The summed E-state index contributed by atoms with van der Waals surface area (Å²) in [6.07, 6.45) is -3.47. The van der Waals surface area contributed by atoms with Crippen molar-refractivity contribution in [1.29, 1.82) is 0 Å². The van der Waals surface area contributed by atoms with Crippen molar-refractivity contribution in [3.63, 3.8) is 0 Å². The number of aliphatic hydroxyl groups excluding tert-OH is 6. The maximum Gasteiger partial charge on any atom is 1.00 e. The molecule has 18 nitrogen and oxygen atoms in total. The van der Waals surface area contributed by atoms with Gasteiger partial charge in [0.25, 0.3) is 5.91 Å². The summed E-state index contributed by atoms with van der Waals surface area (Å²) in [5.41, 5.74) is 0. The van der Waals surface area contributed by atoms with E-state index in [1.807, 2.05) is 0 Å². The number of ether oxygens (including phenoxy) is 2. The van der Waals surface area contributed by atoms with Crippen LogP contribution in [0.3, 0.4) is 0 Å². The molecule has 1 aliphatic rings. The van der Waals surface area contributed by atoms with Gasteiger partial charge in [-0.25, -0.2) is 16.8 Å². The van der Waals surface area contributed by atoms with Crippen LogP contribution in [0.25, 0.3) is 0 Å².